The van der Waals surface area contributed by atoms with E-state index < -0.39 is 14.2 Å². The molecule has 4 aromatic rings. The smallest absolute Gasteiger partial charge is 0.493 e. The van der Waals surface area contributed by atoms with Crippen molar-refractivity contribution >= 4 is 47.3 Å². The first-order valence-corrected chi connectivity index (χ1v) is 7.76. The Balaban J connectivity index is 0.000000152. The van der Waals surface area contributed by atoms with Gasteiger partial charge in [-0.3, -0.25) is 0 Å². The first-order valence-electron chi connectivity index (χ1n) is 7.76. The molecule has 0 aliphatic rings. The maximum atomic E-state index is 9.03. The van der Waals surface area contributed by atoms with E-state index in [4.69, 9.17) is 33.7 Å². The standard InChI is InChI=1S/C9H9BO4.C8H7BO3/c1-13-8-4-2-3-6-7(10(11)12)5-14-9(6)8;10-9(11)8-5-6-3-1-2-4-7(6)12-8/h2-5,11-12H,1H3;1-5,10-11H. The van der Waals surface area contributed by atoms with Gasteiger partial charge in [-0.1, -0.05) is 30.3 Å². The average Bonchev–Trinajstić information content (AvgIpc) is 3.26. The SMILES string of the molecule is COc1cccc2c(B(O)O)coc12.OB(O)c1cc2ccccc2o1. The maximum absolute atomic E-state index is 9.03. The van der Waals surface area contributed by atoms with E-state index in [0.29, 0.717) is 27.8 Å². The van der Waals surface area contributed by atoms with Gasteiger partial charge >= 0.3 is 14.2 Å². The van der Waals surface area contributed by atoms with Crippen LogP contribution in [0, 0.1) is 0 Å². The molecule has 4 N–H and O–H groups in total. The molecular weight excluding hydrogens is 338 g/mol. The fraction of sp³-hybridized carbons (Fsp3) is 0.0588. The molecule has 2 heterocycles. The van der Waals surface area contributed by atoms with Gasteiger partial charge in [0.15, 0.2) is 11.3 Å². The second-order valence-corrected chi connectivity index (χ2v) is 5.46. The lowest BCUT2D eigenvalue weighted by atomic mass is 9.80. The summed E-state index contributed by atoms with van der Waals surface area (Å²) in [6.07, 6.45) is 1.32. The summed E-state index contributed by atoms with van der Waals surface area (Å²) in [6, 6.07) is 14.2. The molecule has 0 fully saturated rings. The minimum absolute atomic E-state index is 0.177. The highest BCUT2D eigenvalue weighted by Gasteiger charge is 2.19. The molecule has 0 aliphatic heterocycles. The zero-order valence-electron chi connectivity index (χ0n) is 13.9. The first-order chi connectivity index (χ1) is 12.5. The third kappa shape index (κ3) is 3.61. The van der Waals surface area contributed by atoms with Crippen LogP contribution in [0.3, 0.4) is 0 Å². The number of para-hydroxylation sites is 2. The van der Waals surface area contributed by atoms with E-state index in [9.17, 15) is 0 Å². The van der Waals surface area contributed by atoms with Crippen molar-refractivity contribution in [3.8, 4) is 5.75 Å². The van der Waals surface area contributed by atoms with Crippen LogP contribution < -0.4 is 15.9 Å². The number of furan rings is 2. The lowest BCUT2D eigenvalue weighted by Crippen LogP contribution is -2.28. The second kappa shape index (κ2) is 7.67. The summed E-state index contributed by atoms with van der Waals surface area (Å²) >= 11 is 0. The van der Waals surface area contributed by atoms with Crippen molar-refractivity contribution in [3.63, 3.8) is 0 Å². The Kier molecular flexibility index (Phi) is 5.34. The Bertz CT molecular complexity index is 974. The fourth-order valence-corrected chi connectivity index (χ4v) is 2.54. The molecule has 0 unspecified atom stereocenters. The van der Waals surface area contributed by atoms with Crippen LogP contribution in [0.25, 0.3) is 21.9 Å². The van der Waals surface area contributed by atoms with Crippen molar-refractivity contribution in [2.45, 2.75) is 0 Å². The number of benzene rings is 2. The summed E-state index contributed by atoms with van der Waals surface area (Å²) in [4.78, 5) is 0. The van der Waals surface area contributed by atoms with E-state index >= 15 is 0 Å². The third-order valence-electron chi connectivity index (χ3n) is 3.79. The van der Waals surface area contributed by atoms with Crippen LogP contribution in [0.5, 0.6) is 5.75 Å². The summed E-state index contributed by atoms with van der Waals surface area (Å²) in [5.74, 6) is 0.578. The second-order valence-electron chi connectivity index (χ2n) is 5.46. The molecule has 0 saturated heterocycles. The molecule has 26 heavy (non-hydrogen) atoms. The van der Waals surface area contributed by atoms with E-state index in [2.05, 4.69) is 0 Å². The first kappa shape index (κ1) is 18.1. The number of rotatable bonds is 3. The van der Waals surface area contributed by atoms with Crippen molar-refractivity contribution < 1.29 is 33.7 Å². The molecule has 0 amide bonds. The van der Waals surface area contributed by atoms with Crippen LogP contribution in [-0.2, 0) is 0 Å². The minimum Gasteiger partial charge on any atom is -0.493 e. The molecular formula is C17H16B2O7. The lowest BCUT2D eigenvalue weighted by molar-refractivity contribution is 0.410. The number of ether oxygens (including phenoxy) is 1. The molecule has 0 atom stereocenters. The van der Waals surface area contributed by atoms with E-state index in [0.717, 1.165) is 5.39 Å². The molecule has 0 spiro atoms. The van der Waals surface area contributed by atoms with Crippen molar-refractivity contribution in [1.29, 1.82) is 0 Å². The Labute approximate surface area is 149 Å². The number of hydrogen-bond acceptors (Lipinski definition) is 7. The topological polar surface area (TPSA) is 116 Å². The van der Waals surface area contributed by atoms with Crippen LogP contribution in [0.1, 0.15) is 0 Å². The van der Waals surface area contributed by atoms with Gasteiger partial charge in [-0.25, -0.2) is 0 Å². The van der Waals surface area contributed by atoms with Gasteiger partial charge in [0, 0.05) is 16.2 Å². The predicted octanol–water partition coefficient (Wildman–Crippen LogP) is 0.234. The molecule has 2 aromatic carbocycles. The zero-order chi connectivity index (χ0) is 18.7. The molecule has 0 saturated carbocycles. The van der Waals surface area contributed by atoms with E-state index in [1.54, 1.807) is 30.3 Å². The Morgan fingerprint density at radius 3 is 2.35 bits per heavy atom. The van der Waals surface area contributed by atoms with E-state index in [1.165, 1.54) is 13.4 Å². The van der Waals surface area contributed by atoms with Crippen LogP contribution in [0.4, 0.5) is 0 Å². The largest absolute Gasteiger partial charge is 0.526 e. The van der Waals surface area contributed by atoms with Crippen LogP contribution >= 0.6 is 0 Å². The molecule has 9 heteroatoms. The molecule has 0 bridgehead atoms. The van der Waals surface area contributed by atoms with Gasteiger partial charge in [0.05, 0.1) is 13.4 Å². The lowest BCUT2D eigenvalue weighted by Gasteiger charge is -1.99. The molecule has 0 aliphatic carbocycles. The number of methoxy groups -OCH3 is 1. The van der Waals surface area contributed by atoms with Gasteiger partial charge in [0.25, 0.3) is 0 Å². The predicted molar refractivity (Wildman–Crippen MR) is 98.6 cm³/mol. The molecule has 7 nitrogen and oxygen atoms in total. The minimum atomic E-state index is -1.53. The number of hydrogen-bond donors (Lipinski definition) is 4. The molecule has 2 aromatic heterocycles. The summed E-state index contributed by atoms with van der Waals surface area (Å²) < 4.78 is 15.4. The summed E-state index contributed by atoms with van der Waals surface area (Å²) in [5, 5.41) is 37.2. The summed E-state index contributed by atoms with van der Waals surface area (Å²) in [7, 11) is -1.52. The fourth-order valence-electron chi connectivity index (χ4n) is 2.54. The van der Waals surface area contributed by atoms with E-state index in [1.807, 2.05) is 18.2 Å². The van der Waals surface area contributed by atoms with Gasteiger partial charge in [0.2, 0.25) is 0 Å². The van der Waals surface area contributed by atoms with Crippen LogP contribution in [0.15, 0.2) is 63.6 Å². The number of fused-ring (bicyclic) bond motifs is 2. The summed E-state index contributed by atoms with van der Waals surface area (Å²) in [5.41, 5.74) is 1.72. The highest BCUT2D eigenvalue weighted by atomic mass is 16.5. The third-order valence-corrected chi connectivity index (χ3v) is 3.79. The Morgan fingerprint density at radius 2 is 1.69 bits per heavy atom. The van der Waals surface area contributed by atoms with Crippen molar-refractivity contribution in [2.24, 2.45) is 0 Å². The van der Waals surface area contributed by atoms with Crippen molar-refractivity contribution in [3.05, 3.63) is 54.8 Å². The normalized spacial score (nSPS) is 10.5. The summed E-state index contributed by atoms with van der Waals surface area (Å²) in [6.45, 7) is 0. The molecule has 132 valence electrons. The van der Waals surface area contributed by atoms with Crippen LogP contribution in [-0.4, -0.2) is 41.4 Å². The highest BCUT2D eigenvalue weighted by molar-refractivity contribution is 6.61. The van der Waals surface area contributed by atoms with Crippen molar-refractivity contribution in [2.75, 3.05) is 7.11 Å². The van der Waals surface area contributed by atoms with Gasteiger partial charge in [0.1, 0.15) is 11.2 Å². The zero-order valence-corrected chi connectivity index (χ0v) is 13.9. The highest BCUT2D eigenvalue weighted by Crippen LogP contribution is 2.24. The van der Waals surface area contributed by atoms with E-state index in [-0.39, 0.29) is 5.66 Å². The van der Waals surface area contributed by atoms with Gasteiger partial charge in [-0.05, 0) is 18.2 Å². The molecule has 4 rings (SSSR count). The van der Waals surface area contributed by atoms with Crippen LogP contribution in [0.2, 0.25) is 0 Å². The van der Waals surface area contributed by atoms with Gasteiger partial charge in [-0.2, -0.15) is 0 Å². The van der Waals surface area contributed by atoms with Gasteiger partial charge in [-0.15, -0.1) is 0 Å². The monoisotopic (exact) mass is 354 g/mol. The molecule has 0 radical (unpaired) electrons. The van der Waals surface area contributed by atoms with Gasteiger partial charge < -0.3 is 33.7 Å². The maximum Gasteiger partial charge on any atom is 0.526 e. The quantitative estimate of drug-likeness (QED) is 0.390. The Hall–Kier alpha value is -2.71. The Morgan fingerprint density at radius 1 is 0.923 bits per heavy atom. The van der Waals surface area contributed by atoms with Crippen molar-refractivity contribution in [1.82, 2.24) is 0 Å². The average molecular weight is 354 g/mol.